The zero-order valence-corrected chi connectivity index (χ0v) is 14.5. The lowest BCUT2D eigenvalue weighted by molar-refractivity contribution is 0.0673. The highest BCUT2D eigenvalue weighted by Crippen LogP contribution is 2.27. The first-order valence-electron chi connectivity index (χ1n) is 7.85. The summed E-state index contributed by atoms with van der Waals surface area (Å²) in [6, 6.07) is 5.92. The standard InChI is InChI=1S/C17H25BrN2O/c1-12(2)9-10-20(14-5-3-4-6-14)17(21)15-8-7-13(18)11-16(15)19/h7-8,11-12,14H,3-6,9-10,19H2,1-2H3. The normalized spacial score (nSPS) is 15.6. The molecule has 1 aliphatic rings. The van der Waals surface area contributed by atoms with Crippen LogP contribution >= 0.6 is 15.9 Å². The third-order valence-electron chi connectivity index (χ3n) is 4.22. The SMILES string of the molecule is CC(C)CCN(C(=O)c1ccc(Br)cc1N)C1CCCC1. The fourth-order valence-electron chi connectivity index (χ4n) is 2.95. The van der Waals surface area contributed by atoms with Crippen molar-refractivity contribution in [2.75, 3.05) is 12.3 Å². The van der Waals surface area contributed by atoms with E-state index in [1.54, 1.807) is 0 Å². The summed E-state index contributed by atoms with van der Waals surface area (Å²) in [4.78, 5) is 15.0. The minimum atomic E-state index is 0.0903. The zero-order chi connectivity index (χ0) is 15.4. The average molecular weight is 353 g/mol. The Morgan fingerprint density at radius 3 is 2.62 bits per heavy atom. The molecule has 1 fully saturated rings. The number of nitrogen functional groups attached to an aromatic ring is 1. The van der Waals surface area contributed by atoms with Crippen LogP contribution in [-0.4, -0.2) is 23.4 Å². The van der Waals surface area contributed by atoms with E-state index in [1.165, 1.54) is 12.8 Å². The average Bonchev–Trinajstić information content (AvgIpc) is 2.92. The first-order valence-corrected chi connectivity index (χ1v) is 8.64. The molecule has 2 rings (SSSR count). The van der Waals surface area contributed by atoms with Crippen molar-refractivity contribution in [3.05, 3.63) is 28.2 Å². The van der Waals surface area contributed by atoms with Gasteiger partial charge in [-0.2, -0.15) is 0 Å². The van der Waals surface area contributed by atoms with Crippen molar-refractivity contribution in [1.29, 1.82) is 0 Å². The molecule has 1 aromatic carbocycles. The van der Waals surface area contributed by atoms with Gasteiger partial charge in [0.15, 0.2) is 0 Å². The maximum Gasteiger partial charge on any atom is 0.256 e. The van der Waals surface area contributed by atoms with Crippen molar-refractivity contribution in [3.63, 3.8) is 0 Å². The van der Waals surface area contributed by atoms with Crippen molar-refractivity contribution in [3.8, 4) is 0 Å². The van der Waals surface area contributed by atoms with Crippen LogP contribution in [0.15, 0.2) is 22.7 Å². The third-order valence-corrected chi connectivity index (χ3v) is 4.71. The van der Waals surface area contributed by atoms with Gasteiger partial charge in [0.05, 0.1) is 5.56 Å². The Morgan fingerprint density at radius 1 is 1.38 bits per heavy atom. The number of rotatable bonds is 5. The van der Waals surface area contributed by atoms with Gasteiger partial charge in [0, 0.05) is 22.7 Å². The lowest BCUT2D eigenvalue weighted by Gasteiger charge is -2.30. The summed E-state index contributed by atoms with van der Waals surface area (Å²) in [5.74, 6) is 0.691. The van der Waals surface area contributed by atoms with Gasteiger partial charge >= 0.3 is 0 Å². The lowest BCUT2D eigenvalue weighted by atomic mass is 10.1. The van der Waals surface area contributed by atoms with E-state index in [4.69, 9.17) is 5.73 Å². The highest BCUT2D eigenvalue weighted by molar-refractivity contribution is 9.10. The molecule has 0 heterocycles. The van der Waals surface area contributed by atoms with Crippen molar-refractivity contribution in [1.82, 2.24) is 4.90 Å². The number of hydrogen-bond donors (Lipinski definition) is 1. The molecule has 1 aromatic rings. The Balaban J connectivity index is 2.19. The topological polar surface area (TPSA) is 46.3 Å². The number of amides is 1. The number of carbonyl (C=O) groups excluding carboxylic acids is 1. The first kappa shape index (κ1) is 16.3. The molecule has 1 saturated carbocycles. The van der Waals surface area contributed by atoms with E-state index in [2.05, 4.69) is 34.7 Å². The predicted molar refractivity (Wildman–Crippen MR) is 91.3 cm³/mol. The van der Waals surface area contributed by atoms with Crippen molar-refractivity contribution >= 4 is 27.5 Å². The molecule has 3 nitrogen and oxygen atoms in total. The zero-order valence-electron chi connectivity index (χ0n) is 12.9. The number of halogens is 1. The largest absolute Gasteiger partial charge is 0.398 e. The van der Waals surface area contributed by atoms with E-state index in [9.17, 15) is 4.79 Å². The van der Waals surface area contributed by atoms with Crippen LogP contribution in [-0.2, 0) is 0 Å². The summed E-state index contributed by atoms with van der Waals surface area (Å²) in [5, 5.41) is 0. The van der Waals surface area contributed by atoms with Gasteiger partial charge in [-0.15, -0.1) is 0 Å². The molecule has 4 heteroatoms. The van der Waals surface area contributed by atoms with Gasteiger partial charge in [0.25, 0.3) is 5.91 Å². The van der Waals surface area contributed by atoms with Crippen LogP contribution in [0.2, 0.25) is 0 Å². The lowest BCUT2D eigenvalue weighted by Crippen LogP contribution is -2.40. The molecule has 0 spiro atoms. The van der Waals surface area contributed by atoms with Crippen molar-refractivity contribution in [2.45, 2.75) is 52.0 Å². The van der Waals surface area contributed by atoms with Crippen LogP contribution < -0.4 is 5.73 Å². The fraction of sp³-hybridized carbons (Fsp3) is 0.588. The van der Waals surface area contributed by atoms with E-state index in [0.29, 0.717) is 23.2 Å². The van der Waals surface area contributed by atoms with E-state index < -0.39 is 0 Å². The molecule has 2 N–H and O–H groups in total. The van der Waals surface area contributed by atoms with E-state index in [0.717, 1.165) is 30.3 Å². The number of benzene rings is 1. The number of carbonyl (C=O) groups is 1. The second-order valence-electron chi connectivity index (χ2n) is 6.35. The summed E-state index contributed by atoms with van der Waals surface area (Å²) < 4.78 is 0.908. The molecule has 0 aromatic heterocycles. The van der Waals surface area contributed by atoms with Gasteiger partial charge < -0.3 is 10.6 Å². The molecule has 1 aliphatic carbocycles. The highest BCUT2D eigenvalue weighted by Gasteiger charge is 2.28. The molecular formula is C17H25BrN2O. The first-order chi connectivity index (χ1) is 9.99. The fourth-order valence-corrected chi connectivity index (χ4v) is 3.33. The monoisotopic (exact) mass is 352 g/mol. The molecular weight excluding hydrogens is 328 g/mol. The Labute approximate surface area is 136 Å². The molecule has 0 aliphatic heterocycles. The quantitative estimate of drug-likeness (QED) is 0.795. The number of nitrogens with zero attached hydrogens (tertiary/aromatic N) is 1. The van der Waals surface area contributed by atoms with Crippen LogP contribution in [0, 0.1) is 5.92 Å². The van der Waals surface area contributed by atoms with Crippen LogP contribution in [0.3, 0.4) is 0 Å². The summed E-state index contributed by atoms with van der Waals surface area (Å²) in [6.45, 7) is 5.23. The molecule has 21 heavy (non-hydrogen) atoms. The van der Waals surface area contributed by atoms with Crippen molar-refractivity contribution < 1.29 is 4.79 Å². The van der Waals surface area contributed by atoms with Gasteiger partial charge in [-0.05, 0) is 43.4 Å². The van der Waals surface area contributed by atoms with E-state index in [1.807, 2.05) is 18.2 Å². The van der Waals surface area contributed by atoms with Gasteiger partial charge in [-0.25, -0.2) is 0 Å². The summed E-state index contributed by atoms with van der Waals surface area (Å²) >= 11 is 3.39. The highest BCUT2D eigenvalue weighted by atomic mass is 79.9. The smallest absolute Gasteiger partial charge is 0.256 e. The molecule has 116 valence electrons. The van der Waals surface area contributed by atoms with Crippen molar-refractivity contribution in [2.24, 2.45) is 5.92 Å². The van der Waals surface area contributed by atoms with E-state index in [-0.39, 0.29) is 5.91 Å². The second-order valence-corrected chi connectivity index (χ2v) is 7.27. The van der Waals surface area contributed by atoms with Gasteiger partial charge in [-0.3, -0.25) is 4.79 Å². The van der Waals surface area contributed by atoms with Gasteiger partial charge in [0.2, 0.25) is 0 Å². The Kier molecular flexibility index (Phi) is 5.68. The summed E-state index contributed by atoms with van der Waals surface area (Å²) in [5.41, 5.74) is 7.23. The summed E-state index contributed by atoms with van der Waals surface area (Å²) in [6.07, 6.45) is 5.75. The number of nitrogens with two attached hydrogens (primary N) is 1. The molecule has 0 bridgehead atoms. The van der Waals surface area contributed by atoms with Gasteiger partial charge in [0.1, 0.15) is 0 Å². The Morgan fingerprint density at radius 2 is 2.05 bits per heavy atom. The Hall–Kier alpha value is -1.03. The predicted octanol–water partition coefficient (Wildman–Crippen LogP) is 4.46. The Bertz CT molecular complexity index is 496. The molecule has 0 radical (unpaired) electrons. The number of anilines is 1. The maximum absolute atomic E-state index is 12.9. The minimum Gasteiger partial charge on any atom is -0.398 e. The maximum atomic E-state index is 12.9. The molecule has 0 unspecified atom stereocenters. The van der Waals surface area contributed by atoms with Crippen LogP contribution in [0.4, 0.5) is 5.69 Å². The van der Waals surface area contributed by atoms with Crippen LogP contribution in [0.5, 0.6) is 0 Å². The van der Waals surface area contributed by atoms with Gasteiger partial charge in [-0.1, -0.05) is 42.6 Å². The molecule has 0 atom stereocenters. The van der Waals surface area contributed by atoms with Crippen LogP contribution in [0.25, 0.3) is 0 Å². The minimum absolute atomic E-state index is 0.0903. The van der Waals surface area contributed by atoms with Crippen LogP contribution in [0.1, 0.15) is 56.3 Å². The summed E-state index contributed by atoms with van der Waals surface area (Å²) in [7, 11) is 0. The molecule has 1 amide bonds. The second kappa shape index (κ2) is 7.30. The molecule has 0 saturated heterocycles. The van der Waals surface area contributed by atoms with E-state index >= 15 is 0 Å². The number of hydrogen-bond acceptors (Lipinski definition) is 2. The third kappa shape index (κ3) is 4.22.